The fourth-order valence-electron chi connectivity index (χ4n) is 7.18. The van der Waals surface area contributed by atoms with Crippen LogP contribution in [0.3, 0.4) is 0 Å². The number of benzene rings is 1. The zero-order valence-electron chi connectivity index (χ0n) is 28.3. The molecule has 4 amide bonds. The molecule has 0 radical (unpaired) electrons. The molecule has 3 heterocycles. The number of sulfonamides is 1. The Bertz CT molecular complexity index is 1800. The van der Waals surface area contributed by atoms with Crippen LogP contribution in [0.25, 0.3) is 11.0 Å². The fraction of sp³-hybridized carbons (Fsp3) is 0.588. The topological polar surface area (TPSA) is 206 Å². The summed E-state index contributed by atoms with van der Waals surface area (Å²) in [4.78, 5) is 64.5. The molecule has 6 rings (SSSR count). The summed E-state index contributed by atoms with van der Waals surface area (Å²) in [5.74, 6) is -2.01. The normalized spacial score (nSPS) is 30.3. The van der Waals surface area contributed by atoms with Crippen LogP contribution >= 0.6 is 0 Å². The quantitative estimate of drug-likeness (QED) is 0.293. The molecule has 0 bridgehead atoms. The summed E-state index contributed by atoms with van der Waals surface area (Å²) < 4.78 is 39.2. The molecule has 15 nitrogen and oxygen atoms in total. The van der Waals surface area contributed by atoms with E-state index < -0.39 is 68.7 Å². The predicted octanol–water partition coefficient (Wildman–Crippen LogP) is 2.51. The third-order valence-electron chi connectivity index (χ3n) is 10.3. The number of carboxylic acid groups (broad SMARTS) is 1. The van der Waals surface area contributed by atoms with E-state index in [1.165, 1.54) is 18.2 Å². The first-order valence-electron chi connectivity index (χ1n) is 17.2. The largest absolute Gasteiger partial charge is 0.497 e. The summed E-state index contributed by atoms with van der Waals surface area (Å²) in [5.41, 5.74) is -0.409. The van der Waals surface area contributed by atoms with Crippen molar-refractivity contribution in [1.29, 1.82) is 0 Å². The van der Waals surface area contributed by atoms with Crippen molar-refractivity contribution in [1.82, 2.24) is 30.2 Å². The van der Waals surface area contributed by atoms with Crippen molar-refractivity contribution in [2.24, 2.45) is 17.8 Å². The van der Waals surface area contributed by atoms with E-state index >= 15 is 0 Å². The monoisotopic (exact) mass is 712 g/mol. The number of nitrogens with zero attached hydrogens (tertiary/aromatic N) is 3. The van der Waals surface area contributed by atoms with Gasteiger partial charge in [-0.25, -0.2) is 23.2 Å². The molecule has 1 saturated heterocycles. The van der Waals surface area contributed by atoms with Gasteiger partial charge in [0.2, 0.25) is 27.7 Å². The lowest BCUT2D eigenvalue weighted by atomic mass is 9.85. The molecule has 16 heteroatoms. The van der Waals surface area contributed by atoms with Gasteiger partial charge >= 0.3 is 6.09 Å². The number of aromatic nitrogens is 2. The molecule has 1 aromatic heterocycles. The molecule has 0 spiro atoms. The highest BCUT2D eigenvalue weighted by molar-refractivity contribution is 7.91. The zero-order chi connectivity index (χ0) is 35.8. The van der Waals surface area contributed by atoms with Gasteiger partial charge in [0, 0.05) is 18.4 Å². The molecule has 2 aromatic rings. The van der Waals surface area contributed by atoms with Crippen molar-refractivity contribution in [3.63, 3.8) is 0 Å². The van der Waals surface area contributed by atoms with Crippen LogP contribution in [0.1, 0.15) is 65.2 Å². The van der Waals surface area contributed by atoms with Crippen molar-refractivity contribution < 1.29 is 42.2 Å². The van der Waals surface area contributed by atoms with Crippen LogP contribution in [0.15, 0.2) is 36.5 Å². The minimum absolute atomic E-state index is 0.000957. The van der Waals surface area contributed by atoms with Crippen LogP contribution in [0.4, 0.5) is 4.79 Å². The number of methoxy groups -OCH3 is 1. The number of ether oxygens (including phenoxy) is 2. The Morgan fingerprint density at radius 2 is 1.94 bits per heavy atom. The Morgan fingerprint density at radius 3 is 2.64 bits per heavy atom. The Kier molecular flexibility index (Phi) is 9.93. The van der Waals surface area contributed by atoms with E-state index in [0.717, 1.165) is 6.42 Å². The molecule has 4 aliphatic rings. The Balaban J connectivity index is 1.33. The molecule has 1 aromatic carbocycles. The standard InChI is InChI=1S/C34H44N6O9S/c1-4-20-13-19(2)7-5-6-8-21-16-34(21,32(43)39-50(46,47)24-10-11-24)38-30(41)27-15-23(18-40(27)31(42)29(20)37-33(44)45)49-28-17-35-25-12-9-22(48-3)14-26(25)36-28/h6,8-9,12,14,17,19-21,23-24,27,29,37H,4-5,7,10-11,13,15-16,18H2,1-3H3,(H,38,41)(H,39,43)(H,44,45). The predicted molar refractivity (Wildman–Crippen MR) is 181 cm³/mol. The number of hydrogen-bond acceptors (Lipinski definition) is 10. The van der Waals surface area contributed by atoms with Gasteiger partial charge in [-0.2, -0.15) is 0 Å². The molecule has 2 aliphatic heterocycles. The summed E-state index contributed by atoms with van der Waals surface area (Å²) in [5, 5.41) is 14.4. The SMILES string of the molecule is CCC1CC(C)CCC=CC2CC2(C(=O)NS(=O)(=O)C2CC2)NC(=O)C2CC(Oc3cnc4ccc(OC)cc4n3)CN2C(=O)C1NC(=O)O. The minimum Gasteiger partial charge on any atom is -0.497 e. The number of rotatable bonds is 8. The first-order chi connectivity index (χ1) is 23.8. The second-order valence-electron chi connectivity index (χ2n) is 13.9. The lowest BCUT2D eigenvalue weighted by Gasteiger charge is -2.33. The van der Waals surface area contributed by atoms with E-state index in [4.69, 9.17) is 9.47 Å². The highest BCUT2D eigenvalue weighted by Gasteiger charge is 2.62. The zero-order valence-corrected chi connectivity index (χ0v) is 29.1. The van der Waals surface area contributed by atoms with Crippen LogP contribution < -0.4 is 24.8 Å². The molecule has 3 fully saturated rings. The van der Waals surface area contributed by atoms with E-state index in [2.05, 4.69) is 25.3 Å². The van der Waals surface area contributed by atoms with E-state index in [1.54, 1.807) is 18.2 Å². The summed E-state index contributed by atoms with van der Waals surface area (Å²) in [7, 11) is -2.37. The number of fused-ring (bicyclic) bond motifs is 3. The van der Waals surface area contributed by atoms with Gasteiger partial charge in [0.15, 0.2) is 0 Å². The van der Waals surface area contributed by atoms with Crippen molar-refractivity contribution in [3.05, 3.63) is 36.5 Å². The maximum absolute atomic E-state index is 14.4. The van der Waals surface area contributed by atoms with Crippen LogP contribution in [-0.2, 0) is 24.4 Å². The smallest absolute Gasteiger partial charge is 0.405 e. The summed E-state index contributed by atoms with van der Waals surface area (Å²) in [6.45, 7) is 3.87. The van der Waals surface area contributed by atoms with Crippen molar-refractivity contribution in [3.8, 4) is 11.6 Å². The number of carbonyl (C=O) groups is 4. The van der Waals surface area contributed by atoms with E-state index in [9.17, 15) is 32.7 Å². The molecule has 270 valence electrons. The third-order valence-corrected chi connectivity index (χ3v) is 12.1. The molecule has 4 N–H and O–H groups in total. The molecular formula is C34H44N6O9S. The maximum Gasteiger partial charge on any atom is 0.405 e. The van der Waals surface area contributed by atoms with Crippen molar-refractivity contribution in [2.75, 3.05) is 13.7 Å². The van der Waals surface area contributed by atoms with Crippen molar-refractivity contribution >= 4 is 44.9 Å². The highest BCUT2D eigenvalue weighted by Crippen LogP contribution is 2.46. The molecule has 7 atom stereocenters. The molecular weight excluding hydrogens is 668 g/mol. The average molecular weight is 713 g/mol. The molecule has 2 saturated carbocycles. The molecule has 7 unspecified atom stereocenters. The lowest BCUT2D eigenvalue weighted by Crippen LogP contribution is -2.59. The van der Waals surface area contributed by atoms with E-state index in [-0.39, 0.29) is 37.1 Å². The van der Waals surface area contributed by atoms with Crippen LogP contribution in [0.2, 0.25) is 0 Å². The van der Waals surface area contributed by atoms with Gasteiger partial charge in [-0.3, -0.25) is 19.1 Å². The minimum atomic E-state index is -3.90. The van der Waals surface area contributed by atoms with Gasteiger partial charge < -0.3 is 30.1 Å². The van der Waals surface area contributed by atoms with E-state index in [0.29, 0.717) is 48.9 Å². The number of hydrogen-bond donors (Lipinski definition) is 4. The Hall–Kier alpha value is -4.47. The van der Waals surface area contributed by atoms with Gasteiger partial charge in [-0.05, 0) is 62.5 Å². The second kappa shape index (κ2) is 14.0. The average Bonchev–Trinajstić information content (AvgIpc) is 4.00. The highest BCUT2D eigenvalue weighted by atomic mass is 32.2. The van der Waals surface area contributed by atoms with Gasteiger partial charge in [0.25, 0.3) is 5.91 Å². The van der Waals surface area contributed by atoms with Crippen LogP contribution in [0.5, 0.6) is 11.6 Å². The molecule has 50 heavy (non-hydrogen) atoms. The fourth-order valence-corrected chi connectivity index (χ4v) is 8.54. The second-order valence-corrected chi connectivity index (χ2v) is 15.9. The van der Waals surface area contributed by atoms with Crippen LogP contribution in [0, 0.1) is 17.8 Å². The Labute approximate surface area is 290 Å². The first-order valence-corrected chi connectivity index (χ1v) is 18.7. The molecule has 2 aliphatic carbocycles. The van der Waals surface area contributed by atoms with Gasteiger partial charge in [-0.1, -0.05) is 32.4 Å². The number of carbonyl (C=O) groups excluding carboxylic acids is 3. The van der Waals surface area contributed by atoms with Gasteiger partial charge in [-0.15, -0.1) is 0 Å². The van der Waals surface area contributed by atoms with Gasteiger partial charge in [0.05, 0.1) is 36.1 Å². The van der Waals surface area contributed by atoms with Crippen LogP contribution in [-0.4, -0.2) is 94.8 Å². The first kappa shape index (κ1) is 35.4. The lowest BCUT2D eigenvalue weighted by molar-refractivity contribution is -0.142. The number of allylic oxidation sites excluding steroid dienone is 1. The van der Waals surface area contributed by atoms with Gasteiger partial charge in [0.1, 0.15) is 29.5 Å². The van der Waals surface area contributed by atoms with Crippen molar-refractivity contribution in [2.45, 2.75) is 94.2 Å². The van der Waals surface area contributed by atoms with E-state index in [1.807, 2.05) is 26.0 Å². The number of nitrogens with one attached hydrogen (secondary N) is 3. The Morgan fingerprint density at radius 1 is 1.16 bits per heavy atom. The summed E-state index contributed by atoms with van der Waals surface area (Å²) in [6.07, 6.45) is 6.71. The summed E-state index contributed by atoms with van der Waals surface area (Å²) >= 11 is 0. The maximum atomic E-state index is 14.4. The summed E-state index contributed by atoms with van der Waals surface area (Å²) in [6, 6.07) is 2.91. The third kappa shape index (κ3) is 7.49. The number of amides is 4.